The van der Waals surface area contributed by atoms with Gasteiger partial charge in [-0.15, -0.1) is 0 Å². The van der Waals surface area contributed by atoms with Crippen LogP contribution in [0, 0.1) is 17.3 Å². The highest BCUT2D eigenvalue weighted by molar-refractivity contribution is 5.72. The Morgan fingerprint density at radius 2 is 2.07 bits per heavy atom. The molecule has 1 rings (SSSR count). The smallest absolute Gasteiger partial charge is 0.309 e. The molecule has 0 spiro atoms. The Hall–Kier alpha value is -0.570. The first-order chi connectivity index (χ1) is 6.88. The Kier molecular flexibility index (Phi) is 3.77. The number of hydrogen-bond acceptors (Lipinski definition) is 3. The third-order valence-electron chi connectivity index (χ3n) is 3.73. The summed E-state index contributed by atoms with van der Waals surface area (Å²) in [6.45, 7) is 9.52. The van der Waals surface area contributed by atoms with Gasteiger partial charge in [0, 0.05) is 6.04 Å². The maximum absolute atomic E-state index is 11.3. The summed E-state index contributed by atoms with van der Waals surface area (Å²) in [5.41, 5.74) is 0.501. The fourth-order valence-electron chi connectivity index (χ4n) is 1.82. The van der Waals surface area contributed by atoms with Crippen LogP contribution in [0.3, 0.4) is 0 Å². The average Bonchev–Trinajstić information content (AvgIpc) is 2.80. The van der Waals surface area contributed by atoms with Gasteiger partial charge in [-0.1, -0.05) is 20.8 Å². The molecule has 1 aliphatic rings. The summed E-state index contributed by atoms with van der Waals surface area (Å²) in [6.07, 6.45) is 1.29. The zero-order valence-electron chi connectivity index (χ0n) is 10.5. The van der Waals surface area contributed by atoms with Crippen molar-refractivity contribution >= 4 is 5.97 Å². The van der Waals surface area contributed by atoms with Crippen LogP contribution in [0.15, 0.2) is 0 Å². The summed E-state index contributed by atoms with van der Waals surface area (Å²) in [5.74, 6) is 0.562. The molecule has 15 heavy (non-hydrogen) atoms. The van der Waals surface area contributed by atoms with E-state index < -0.39 is 0 Å². The lowest BCUT2D eigenvalue weighted by Gasteiger charge is -2.19. The van der Waals surface area contributed by atoms with E-state index in [0.29, 0.717) is 5.41 Å². The van der Waals surface area contributed by atoms with Crippen molar-refractivity contribution in [1.29, 1.82) is 0 Å². The van der Waals surface area contributed by atoms with Gasteiger partial charge in [0.05, 0.1) is 13.0 Å². The Morgan fingerprint density at radius 3 is 2.47 bits per heavy atom. The van der Waals surface area contributed by atoms with Gasteiger partial charge in [-0.2, -0.15) is 0 Å². The highest BCUT2D eigenvalue weighted by atomic mass is 16.5. The number of carbonyl (C=O) groups excluding carboxylic acids is 1. The molecule has 3 heteroatoms. The molecular weight excluding hydrogens is 190 g/mol. The molecule has 1 fully saturated rings. The van der Waals surface area contributed by atoms with E-state index in [9.17, 15) is 4.79 Å². The molecule has 1 aliphatic carbocycles. The minimum absolute atomic E-state index is 0.0723. The highest BCUT2D eigenvalue weighted by Gasteiger charge is 2.45. The standard InChI is InChI=1S/C12H23NO2/c1-8(11(14)15-5)9(2)13-7-10-6-12(10,3)4/h8-10,13H,6-7H2,1-5H3. The van der Waals surface area contributed by atoms with Crippen LogP contribution in [0.5, 0.6) is 0 Å². The lowest BCUT2D eigenvalue weighted by Crippen LogP contribution is -2.38. The van der Waals surface area contributed by atoms with E-state index in [0.717, 1.165) is 12.5 Å². The van der Waals surface area contributed by atoms with Gasteiger partial charge >= 0.3 is 5.97 Å². The largest absolute Gasteiger partial charge is 0.469 e. The average molecular weight is 213 g/mol. The first-order valence-electron chi connectivity index (χ1n) is 5.69. The van der Waals surface area contributed by atoms with E-state index in [1.54, 1.807) is 0 Å². The Labute approximate surface area is 92.6 Å². The van der Waals surface area contributed by atoms with Crippen molar-refractivity contribution < 1.29 is 9.53 Å². The molecule has 0 aromatic carbocycles. The van der Waals surface area contributed by atoms with Crippen molar-refractivity contribution in [2.24, 2.45) is 17.3 Å². The highest BCUT2D eigenvalue weighted by Crippen LogP contribution is 2.51. The normalized spacial score (nSPS) is 26.9. The molecule has 3 nitrogen and oxygen atoms in total. The molecule has 88 valence electrons. The van der Waals surface area contributed by atoms with E-state index in [2.05, 4.69) is 19.2 Å². The Morgan fingerprint density at radius 1 is 1.53 bits per heavy atom. The first kappa shape index (κ1) is 12.5. The van der Waals surface area contributed by atoms with E-state index >= 15 is 0 Å². The summed E-state index contributed by atoms with van der Waals surface area (Å²) < 4.78 is 4.72. The van der Waals surface area contributed by atoms with Crippen molar-refractivity contribution in [2.45, 2.75) is 40.2 Å². The fourth-order valence-corrected chi connectivity index (χ4v) is 1.82. The van der Waals surface area contributed by atoms with Crippen LogP contribution >= 0.6 is 0 Å². The minimum atomic E-state index is -0.134. The van der Waals surface area contributed by atoms with Gasteiger partial charge in [-0.3, -0.25) is 4.79 Å². The van der Waals surface area contributed by atoms with Gasteiger partial charge in [-0.05, 0) is 31.2 Å². The minimum Gasteiger partial charge on any atom is -0.469 e. The second kappa shape index (κ2) is 4.52. The second-order valence-electron chi connectivity index (χ2n) is 5.40. The summed E-state index contributed by atoms with van der Waals surface area (Å²) in [4.78, 5) is 11.3. The quantitative estimate of drug-likeness (QED) is 0.708. The summed E-state index contributed by atoms with van der Waals surface area (Å²) in [7, 11) is 1.44. The van der Waals surface area contributed by atoms with Crippen LogP contribution < -0.4 is 5.32 Å². The van der Waals surface area contributed by atoms with Gasteiger partial charge in [0.25, 0.3) is 0 Å². The molecule has 1 saturated carbocycles. The van der Waals surface area contributed by atoms with E-state index in [4.69, 9.17) is 4.74 Å². The molecular formula is C12H23NO2. The van der Waals surface area contributed by atoms with Crippen molar-refractivity contribution in [3.05, 3.63) is 0 Å². The molecule has 0 bridgehead atoms. The first-order valence-corrected chi connectivity index (χ1v) is 5.69. The molecule has 0 aromatic heterocycles. The summed E-state index contributed by atoms with van der Waals surface area (Å²) in [6, 6.07) is 0.189. The Balaban J connectivity index is 2.24. The molecule has 0 heterocycles. The van der Waals surface area contributed by atoms with Crippen LogP contribution in [-0.2, 0) is 9.53 Å². The monoisotopic (exact) mass is 213 g/mol. The predicted octanol–water partition coefficient (Wildman–Crippen LogP) is 1.82. The predicted molar refractivity (Wildman–Crippen MR) is 60.5 cm³/mol. The van der Waals surface area contributed by atoms with Gasteiger partial charge in [-0.25, -0.2) is 0 Å². The number of hydrogen-bond donors (Lipinski definition) is 1. The number of rotatable bonds is 5. The van der Waals surface area contributed by atoms with E-state index in [-0.39, 0.29) is 17.9 Å². The van der Waals surface area contributed by atoms with Crippen LogP contribution in [0.4, 0.5) is 0 Å². The number of esters is 1. The topological polar surface area (TPSA) is 38.3 Å². The van der Waals surface area contributed by atoms with Crippen molar-refractivity contribution in [3.8, 4) is 0 Å². The van der Waals surface area contributed by atoms with E-state index in [1.807, 2.05) is 13.8 Å². The third-order valence-corrected chi connectivity index (χ3v) is 3.73. The van der Waals surface area contributed by atoms with Gasteiger partial charge < -0.3 is 10.1 Å². The van der Waals surface area contributed by atoms with Crippen LogP contribution in [0.2, 0.25) is 0 Å². The SMILES string of the molecule is COC(=O)C(C)C(C)NCC1CC1(C)C. The lowest BCUT2D eigenvalue weighted by atomic mass is 10.0. The number of ether oxygens (including phenoxy) is 1. The molecule has 0 aliphatic heterocycles. The lowest BCUT2D eigenvalue weighted by molar-refractivity contribution is -0.145. The van der Waals surface area contributed by atoms with Gasteiger partial charge in [0.15, 0.2) is 0 Å². The van der Waals surface area contributed by atoms with Gasteiger partial charge in [0.1, 0.15) is 0 Å². The van der Waals surface area contributed by atoms with Crippen molar-refractivity contribution in [2.75, 3.05) is 13.7 Å². The zero-order valence-corrected chi connectivity index (χ0v) is 10.5. The van der Waals surface area contributed by atoms with Crippen molar-refractivity contribution in [1.82, 2.24) is 5.32 Å². The molecule has 0 aromatic rings. The second-order valence-corrected chi connectivity index (χ2v) is 5.40. The molecule has 3 atom stereocenters. The summed E-state index contributed by atoms with van der Waals surface area (Å²) >= 11 is 0. The number of nitrogens with one attached hydrogen (secondary N) is 1. The van der Waals surface area contributed by atoms with Crippen LogP contribution in [0.25, 0.3) is 0 Å². The fraction of sp³-hybridized carbons (Fsp3) is 0.917. The van der Waals surface area contributed by atoms with Crippen LogP contribution in [0.1, 0.15) is 34.1 Å². The van der Waals surface area contributed by atoms with E-state index in [1.165, 1.54) is 13.5 Å². The Bertz CT molecular complexity index is 238. The van der Waals surface area contributed by atoms with Crippen LogP contribution in [-0.4, -0.2) is 25.7 Å². The number of carbonyl (C=O) groups is 1. The molecule has 0 amide bonds. The molecule has 0 radical (unpaired) electrons. The van der Waals surface area contributed by atoms with Crippen molar-refractivity contribution in [3.63, 3.8) is 0 Å². The zero-order chi connectivity index (χ0) is 11.6. The van der Waals surface area contributed by atoms with Gasteiger partial charge in [0.2, 0.25) is 0 Å². The third kappa shape index (κ3) is 3.20. The summed E-state index contributed by atoms with van der Waals surface area (Å²) in [5, 5.41) is 3.41. The maximum atomic E-state index is 11.3. The molecule has 3 unspecified atom stereocenters. The molecule has 0 saturated heterocycles. The molecule has 1 N–H and O–H groups in total. The number of methoxy groups -OCH3 is 1. The maximum Gasteiger partial charge on any atom is 0.309 e.